The lowest BCUT2D eigenvalue weighted by molar-refractivity contribution is 0.444. The molecule has 1 nitrogen and oxygen atoms in total. The van der Waals surface area contributed by atoms with Gasteiger partial charge < -0.3 is 0 Å². The van der Waals surface area contributed by atoms with Crippen LogP contribution in [-0.4, -0.2) is 10.4 Å². The third-order valence-electron chi connectivity index (χ3n) is 3.76. The first-order valence-electron chi connectivity index (χ1n) is 7.94. The van der Waals surface area contributed by atoms with Crippen LogP contribution in [0, 0.1) is 0 Å². The molecular formula is C19H21NS2. The highest BCUT2D eigenvalue weighted by molar-refractivity contribution is 8.38. The number of hydrogen-bond donors (Lipinski definition) is 0. The van der Waals surface area contributed by atoms with E-state index in [1.165, 1.54) is 46.3 Å². The van der Waals surface area contributed by atoms with E-state index in [-0.39, 0.29) is 0 Å². The first-order chi connectivity index (χ1) is 10.9. The van der Waals surface area contributed by atoms with E-state index in [0.29, 0.717) is 6.04 Å². The highest BCUT2D eigenvalue weighted by Gasteiger charge is 2.14. The van der Waals surface area contributed by atoms with Crippen molar-refractivity contribution < 1.29 is 0 Å². The van der Waals surface area contributed by atoms with E-state index in [2.05, 4.69) is 60.7 Å². The third kappa shape index (κ3) is 4.92. The molecule has 1 aliphatic carbocycles. The molecule has 0 aliphatic heterocycles. The molecule has 0 saturated heterocycles. The van der Waals surface area contributed by atoms with Crippen molar-refractivity contribution in [3.05, 3.63) is 60.7 Å². The molecule has 3 heteroatoms. The van der Waals surface area contributed by atoms with Gasteiger partial charge in [0.2, 0.25) is 0 Å². The van der Waals surface area contributed by atoms with Gasteiger partial charge in [0.15, 0.2) is 0 Å². The van der Waals surface area contributed by atoms with Crippen molar-refractivity contribution in [1.29, 1.82) is 0 Å². The van der Waals surface area contributed by atoms with E-state index in [4.69, 9.17) is 4.99 Å². The van der Waals surface area contributed by atoms with Gasteiger partial charge in [-0.15, -0.1) is 0 Å². The molecular weight excluding hydrogens is 306 g/mol. The highest BCUT2D eigenvalue weighted by Crippen LogP contribution is 2.33. The molecule has 2 aromatic carbocycles. The van der Waals surface area contributed by atoms with Crippen molar-refractivity contribution in [3.63, 3.8) is 0 Å². The molecule has 0 N–H and O–H groups in total. The molecule has 1 aliphatic rings. The Bertz CT molecular complexity index is 546. The summed E-state index contributed by atoms with van der Waals surface area (Å²) in [6.07, 6.45) is 6.52. The summed E-state index contributed by atoms with van der Waals surface area (Å²) in [5, 5.41) is 0. The van der Waals surface area contributed by atoms with Crippen molar-refractivity contribution in [2.45, 2.75) is 47.9 Å². The summed E-state index contributed by atoms with van der Waals surface area (Å²) in [4.78, 5) is 7.60. The summed E-state index contributed by atoms with van der Waals surface area (Å²) in [5.74, 6) is 0. The van der Waals surface area contributed by atoms with Crippen LogP contribution in [0.5, 0.6) is 0 Å². The molecule has 0 heterocycles. The molecule has 0 spiro atoms. The van der Waals surface area contributed by atoms with Gasteiger partial charge in [-0.25, -0.2) is 0 Å². The lowest BCUT2D eigenvalue weighted by atomic mass is 9.96. The first kappa shape index (κ1) is 15.7. The van der Waals surface area contributed by atoms with E-state index in [9.17, 15) is 0 Å². The Hall–Kier alpha value is -1.19. The Morgan fingerprint density at radius 3 is 1.73 bits per heavy atom. The number of benzene rings is 2. The van der Waals surface area contributed by atoms with Gasteiger partial charge in [0.1, 0.15) is 4.38 Å². The Balaban J connectivity index is 1.76. The Labute approximate surface area is 141 Å². The largest absolute Gasteiger partial charge is 0.268 e. The molecule has 22 heavy (non-hydrogen) atoms. The van der Waals surface area contributed by atoms with E-state index in [1.54, 1.807) is 23.5 Å². The SMILES string of the molecule is c1ccc(SC(=NC2CCCCC2)Sc2ccccc2)cc1. The van der Waals surface area contributed by atoms with E-state index in [0.717, 1.165) is 0 Å². The monoisotopic (exact) mass is 327 g/mol. The molecule has 0 radical (unpaired) electrons. The predicted octanol–water partition coefficient (Wildman–Crippen LogP) is 6.26. The zero-order valence-electron chi connectivity index (χ0n) is 12.7. The van der Waals surface area contributed by atoms with Crippen LogP contribution >= 0.6 is 23.5 Å². The van der Waals surface area contributed by atoms with Crippen LogP contribution in [0.1, 0.15) is 32.1 Å². The second-order valence-electron chi connectivity index (χ2n) is 5.52. The molecule has 0 atom stereocenters. The van der Waals surface area contributed by atoms with Gasteiger partial charge in [-0.3, -0.25) is 4.99 Å². The van der Waals surface area contributed by atoms with E-state index < -0.39 is 0 Å². The zero-order chi connectivity index (χ0) is 15.0. The van der Waals surface area contributed by atoms with Gasteiger partial charge in [-0.1, -0.05) is 79.2 Å². The van der Waals surface area contributed by atoms with Gasteiger partial charge in [0.25, 0.3) is 0 Å². The lowest BCUT2D eigenvalue weighted by Gasteiger charge is -2.19. The fraction of sp³-hybridized carbons (Fsp3) is 0.316. The molecule has 2 aromatic rings. The van der Waals surface area contributed by atoms with E-state index >= 15 is 0 Å². The maximum absolute atomic E-state index is 5.07. The van der Waals surface area contributed by atoms with Crippen LogP contribution in [0.2, 0.25) is 0 Å². The van der Waals surface area contributed by atoms with Gasteiger partial charge in [-0.05, 0) is 37.1 Å². The number of rotatable bonds is 3. The average Bonchev–Trinajstić information content (AvgIpc) is 2.57. The van der Waals surface area contributed by atoms with Crippen molar-refractivity contribution in [2.24, 2.45) is 4.99 Å². The second kappa shape index (κ2) is 8.44. The zero-order valence-corrected chi connectivity index (χ0v) is 14.3. The predicted molar refractivity (Wildman–Crippen MR) is 98.9 cm³/mol. The van der Waals surface area contributed by atoms with Crippen molar-refractivity contribution in [2.75, 3.05) is 0 Å². The molecule has 0 aromatic heterocycles. The van der Waals surface area contributed by atoms with Crippen molar-refractivity contribution in [1.82, 2.24) is 0 Å². The van der Waals surface area contributed by atoms with Crippen molar-refractivity contribution >= 4 is 27.9 Å². The second-order valence-corrected chi connectivity index (χ2v) is 7.90. The van der Waals surface area contributed by atoms with Gasteiger partial charge in [0, 0.05) is 9.79 Å². The minimum atomic E-state index is 0.510. The molecule has 3 rings (SSSR count). The van der Waals surface area contributed by atoms with Crippen LogP contribution in [0.4, 0.5) is 0 Å². The summed E-state index contributed by atoms with van der Waals surface area (Å²) >= 11 is 3.58. The standard InChI is InChI=1S/C19H21NS2/c1-4-10-16(11-5-1)20-19(21-17-12-6-2-7-13-17)22-18-14-8-3-9-15-18/h2-3,6-9,12-16H,1,4-5,10-11H2. The minimum absolute atomic E-state index is 0.510. The van der Waals surface area contributed by atoms with Crippen LogP contribution in [-0.2, 0) is 0 Å². The quantitative estimate of drug-likeness (QED) is 0.375. The molecule has 1 fully saturated rings. The minimum Gasteiger partial charge on any atom is -0.268 e. The number of hydrogen-bond acceptors (Lipinski definition) is 3. The third-order valence-corrected chi connectivity index (χ3v) is 5.84. The highest BCUT2D eigenvalue weighted by atomic mass is 32.2. The summed E-state index contributed by atoms with van der Waals surface area (Å²) in [7, 11) is 0. The molecule has 114 valence electrons. The smallest absolute Gasteiger partial charge is 0.134 e. The number of thioether (sulfide) groups is 2. The molecule has 0 amide bonds. The van der Waals surface area contributed by atoms with Gasteiger partial charge >= 0.3 is 0 Å². The Morgan fingerprint density at radius 2 is 1.23 bits per heavy atom. The first-order valence-corrected chi connectivity index (χ1v) is 9.57. The fourth-order valence-corrected chi connectivity index (χ4v) is 4.75. The van der Waals surface area contributed by atoms with E-state index in [1.807, 2.05) is 0 Å². The summed E-state index contributed by atoms with van der Waals surface area (Å²) in [6, 6.07) is 21.6. The molecule has 0 bridgehead atoms. The van der Waals surface area contributed by atoms with Crippen LogP contribution in [0.25, 0.3) is 0 Å². The van der Waals surface area contributed by atoms with Gasteiger partial charge in [0.05, 0.1) is 6.04 Å². The average molecular weight is 328 g/mol. The Kier molecular flexibility index (Phi) is 6.02. The maximum Gasteiger partial charge on any atom is 0.134 e. The van der Waals surface area contributed by atoms with Crippen molar-refractivity contribution in [3.8, 4) is 0 Å². The normalized spacial score (nSPS) is 15.5. The molecule has 1 saturated carbocycles. The maximum atomic E-state index is 5.07. The van der Waals surface area contributed by atoms with Crippen LogP contribution in [0.3, 0.4) is 0 Å². The number of aliphatic imine (C=N–C) groups is 1. The van der Waals surface area contributed by atoms with Crippen LogP contribution < -0.4 is 0 Å². The summed E-state index contributed by atoms with van der Waals surface area (Å²) < 4.78 is 1.17. The van der Waals surface area contributed by atoms with Gasteiger partial charge in [-0.2, -0.15) is 0 Å². The Morgan fingerprint density at radius 1 is 0.727 bits per heavy atom. The fourth-order valence-electron chi connectivity index (χ4n) is 2.61. The molecule has 0 unspecified atom stereocenters. The number of nitrogens with zero attached hydrogens (tertiary/aromatic N) is 1. The van der Waals surface area contributed by atoms with Crippen LogP contribution in [0.15, 0.2) is 75.4 Å². The summed E-state index contributed by atoms with van der Waals surface area (Å²) in [6.45, 7) is 0. The topological polar surface area (TPSA) is 12.4 Å². The lowest BCUT2D eigenvalue weighted by Crippen LogP contribution is -2.10. The summed E-state index contributed by atoms with van der Waals surface area (Å²) in [5.41, 5.74) is 0.